The molecule has 1 amide bonds. The number of benzene rings is 1. The monoisotopic (exact) mass is 515 g/mol. The summed E-state index contributed by atoms with van der Waals surface area (Å²) in [5.41, 5.74) is 1.70. The van der Waals surface area contributed by atoms with Crippen LogP contribution in [0.4, 0.5) is 11.5 Å². The Morgan fingerprint density at radius 2 is 1.73 bits per heavy atom. The average molecular weight is 516 g/mol. The first-order valence-corrected chi connectivity index (χ1v) is 13.3. The molecule has 33 heavy (non-hydrogen) atoms. The van der Waals surface area contributed by atoms with E-state index in [4.69, 9.17) is 27.9 Å². The topological polar surface area (TPSA) is 88.0 Å². The molecule has 0 atom stereocenters. The molecule has 3 heterocycles. The maximum atomic E-state index is 13.0. The quantitative estimate of drug-likeness (QED) is 0.602. The molecule has 2 aromatic rings. The third-order valence-corrected chi connectivity index (χ3v) is 8.54. The fourth-order valence-corrected chi connectivity index (χ4v) is 5.73. The summed E-state index contributed by atoms with van der Waals surface area (Å²) >= 11 is 12.6. The standard InChI is InChI=1S/C21H27Cl2N5O4S/c1-15-20(23)21(27-9-11-33(30,31)12-10-27)24-28(15)14-19(29)26-7-5-25(6-8-26)16-3-4-17(22)18(13-16)32-2/h3-4,13H,5-12,14H2,1-2H3. The van der Waals surface area contributed by atoms with Crippen molar-refractivity contribution in [2.45, 2.75) is 13.5 Å². The number of ether oxygens (including phenoxy) is 1. The number of nitrogens with zero attached hydrogens (tertiary/aromatic N) is 5. The number of aromatic nitrogens is 2. The van der Waals surface area contributed by atoms with E-state index in [1.165, 1.54) is 0 Å². The molecule has 0 spiro atoms. The third-order valence-electron chi connectivity index (χ3n) is 6.18. The Labute approximate surface area is 203 Å². The molecule has 2 fully saturated rings. The number of rotatable bonds is 5. The van der Waals surface area contributed by atoms with Crippen molar-refractivity contribution in [3.05, 3.63) is 33.9 Å². The van der Waals surface area contributed by atoms with Crippen LogP contribution in [-0.2, 0) is 21.2 Å². The molecule has 0 aliphatic carbocycles. The Kier molecular flexibility index (Phi) is 6.97. The SMILES string of the molecule is COc1cc(N2CCN(C(=O)Cn3nc(N4CCS(=O)(=O)CC4)c(Cl)c3C)CC2)ccc1Cl. The predicted octanol–water partition coefficient (Wildman–Crippen LogP) is 2.09. The van der Waals surface area contributed by atoms with Crippen LogP contribution < -0.4 is 14.5 Å². The number of anilines is 2. The summed E-state index contributed by atoms with van der Waals surface area (Å²) in [6, 6.07) is 5.67. The lowest BCUT2D eigenvalue weighted by atomic mass is 10.2. The fraction of sp³-hybridized carbons (Fsp3) is 0.524. The van der Waals surface area contributed by atoms with Crippen molar-refractivity contribution in [2.75, 3.05) is 67.7 Å². The molecule has 0 bridgehead atoms. The molecule has 1 aromatic heterocycles. The maximum absolute atomic E-state index is 13.0. The summed E-state index contributed by atoms with van der Waals surface area (Å²) in [5, 5.41) is 5.56. The molecule has 12 heteroatoms. The van der Waals surface area contributed by atoms with Crippen LogP contribution in [0.25, 0.3) is 0 Å². The number of piperazine rings is 1. The molecule has 180 valence electrons. The van der Waals surface area contributed by atoms with Crippen LogP contribution in [0.3, 0.4) is 0 Å². The average Bonchev–Trinajstić information content (AvgIpc) is 3.08. The van der Waals surface area contributed by atoms with E-state index in [2.05, 4.69) is 10.00 Å². The van der Waals surface area contributed by atoms with Gasteiger partial charge < -0.3 is 19.4 Å². The van der Waals surface area contributed by atoms with E-state index in [0.29, 0.717) is 66.6 Å². The molecular weight excluding hydrogens is 489 g/mol. The van der Waals surface area contributed by atoms with Gasteiger partial charge in [0, 0.05) is 51.0 Å². The van der Waals surface area contributed by atoms with Gasteiger partial charge >= 0.3 is 0 Å². The van der Waals surface area contributed by atoms with Crippen LogP contribution in [0.5, 0.6) is 5.75 Å². The number of amides is 1. The largest absolute Gasteiger partial charge is 0.495 e. The Balaban J connectivity index is 1.37. The van der Waals surface area contributed by atoms with Gasteiger partial charge in [0.1, 0.15) is 17.3 Å². The molecule has 0 radical (unpaired) electrons. The first-order valence-electron chi connectivity index (χ1n) is 10.7. The van der Waals surface area contributed by atoms with E-state index in [-0.39, 0.29) is 24.0 Å². The highest BCUT2D eigenvalue weighted by atomic mass is 35.5. The summed E-state index contributed by atoms with van der Waals surface area (Å²) in [6.07, 6.45) is 0. The van der Waals surface area contributed by atoms with E-state index in [9.17, 15) is 13.2 Å². The van der Waals surface area contributed by atoms with E-state index in [1.807, 2.05) is 34.9 Å². The minimum Gasteiger partial charge on any atom is -0.495 e. The van der Waals surface area contributed by atoms with Gasteiger partial charge in [-0.15, -0.1) is 0 Å². The van der Waals surface area contributed by atoms with E-state index >= 15 is 0 Å². The number of hydrogen-bond donors (Lipinski definition) is 0. The minimum absolute atomic E-state index is 0.0293. The van der Waals surface area contributed by atoms with E-state index in [1.54, 1.807) is 11.8 Å². The second kappa shape index (κ2) is 9.60. The Morgan fingerprint density at radius 3 is 2.36 bits per heavy atom. The minimum atomic E-state index is -3.00. The summed E-state index contributed by atoms with van der Waals surface area (Å²) < 4.78 is 30.3. The maximum Gasteiger partial charge on any atom is 0.244 e. The van der Waals surface area contributed by atoms with Gasteiger partial charge in [-0.2, -0.15) is 5.10 Å². The fourth-order valence-electron chi connectivity index (χ4n) is 4.08. The molecule has 1 aromatic carbocycles. The van der Waals surface area contributed by atoms with Crippen LogP contribution in [-0.4, -0.2) is 86.9 Å². The van der Waals surface area contributed by atoms with Crippen molar-refractivity contribution in [2.24, 2.45) is 0 Å². The van der Waals surface area contributed by atoms with Crippen molar-refractivity contribution in [3.8, 4) is 5.75 Å². The van der Waals surface area contributed by atoms with Crippen LogP contribution in [0.1, 0.15) is 5.69 Å². The molecule has 9 nitrogen and oxygen atoms in total. The summed E-state index contributed by atoms with van der Waals surface area (Å²) in [5.74, 6) is 1.30. The lowest BCUT2D eigenvalue weighted by Crippen LogP contribution is -2.49. The van der Waals surface area contributed by atoms with Crippen molar-refractivity contribution in [1.29, 1.82) is 0 Å². The Hall–Kier alpha value is -2.17. The van der Waals surface area contributed by atoms with Gasteiger partial charge in [0.05, 0.1) is 29.3 Å². The zero-order valence-electron chi connectivity index (χ0n) is 18.6. The first-order chi connectivity index (χ1) is 15.7. The summed E-state index contributed by atoms with van der Waals surface area (Å²) in [6.45, 7) is 5.19. The van der Waals surface area contributed by atoms with Gasteiger partial charge in [-0.25, -0.2) is 8.42 Å². The van der Waals surface area contributed by atoms with Crippen LogP contribution in [0.15, 0.2) is 18.2 Å². The Bertz CT molecular complexity index is 1130. The number of sulfone groups is 1. The highest BCUT2D eigenvalue weighted by Crippen LogP contribution is 2.31. The third kappa shape index (κ3) is 5.17. The molecule has 0 saturated carbocycles. The molecule has 0 unspecified atom stereocenters. The van der Waals surface area contributed by atoms with Gasteiger partial charge in [0.25, 0.3) is 0 Å². The molecular formula is C21H27Cl2N5O4S. The van der Waals surface area contributed by atoms with E-state index in [0.717, 1.165) is 5.69 Å². The Morgan fingerprint density at radius 1 is 1.06 bits per heavy atom. The zero-order chi connectivity index (χ0) is 23.8. The van der Waals surface area contributed by atoms with Crippen LogP contribution in [0.2, 0.25) is 10.0 Å². The number of carbonyl (C=O) groups excluding carboxylic acids is 1. The van der Waals surface area contributed by atoms with Crippen molar-refractivity contribution < 1.29 is 17.9 Å². The number of carbonyl (C=O) groups is 1. The van der Waals surface area contributed by atoms with Gasteiger partial charge in [-0.3, -0.25) is 9.48 Å². The van der Waals surface area contributed by atoms with Crippen LogP contribution >= 0.6 is 23.2 Å². The van der Waals surface area contributed by atoms with Crippen molar-refractivity contribution >= 4 is 50.5 Å². The van der Waals surface area contributed by atoms with Crippen molar-refractivity contribution in [3.63, 3.8) is 0 Å². The first kappa shape index (κ1) is 24.0. The summed E-state index contributed by atoms with van der Waals surface area (Å²) in [4.78, 5) is 18.9. The molecule has 4 rings (SSSR count). The smallest absolute Gasteiger partial charge is 0.244 e. The van der Waals surface area contributed by atoms with Crippen molar-refractivity contribution in [1.82, 2.24) is 14.7 Å². The summed E-state index contributed by atoms with van der Waals surface area (Å²) in [7, 11) is -1.41. The number of halogens is 2. The highest BCUT2D eigenvalue weighted by molar-refractivity contribution is 7.91. The normalized spacial score (nSPS) is 18.5. The van der Waals surface area contributed by atoms with Gasteiger partial charge in [-0.1, -0.05) is 23.2 Å². The molecule has 2 aliphatic heterocycles. The number of methoxy groups -OCH3 is 1. The zero-order valence-corrected chi connectivity index (χ0v) is 21.0. The highest BCUT2D eigenvalue weighted by Gasteiger charge is 2.28. The van der Waals surface area contributed by atoms with Gasteiger partial charge in [0.2, 0.25) is 5.91 Å². The lowest BCUT2D eigenvalue weighted by Gasteiger charge is -2.36. The van der Waals surface area contributed by atoms with Gasteiger partial charge in [-0.05, 0) is 19.1 Å². The predicted molar refractivity (Wildman–Crippen MR) is 130 cm³/mol. The lowest BCUT2D eigenvalue weighted by molar-refractivity contribution is -0.132. The molecule has 0 N–H and O–H groups in total. The second-order valence-corrected chi connectivity index (χ2v) is 11.3. The van der Waals surface area contributed by atoms with E-state index < -0.39 is 9.84 Å². The molecule has 2 saturated heterocycles. The van der Waals surface area contributed by atoms with Gasteiger partial charge in [0.15, 0.2) is 15.7 Å². The van der Waals surface area contributed by atoms with Crippen LogP contribution in [0, 0.1) is 6.92 Å². The number of hydrogen-bond acceptors (Lipinski definition) is 7. The second-order valence-electron chi connectivity index (χ2n) is 8.21. The molecule has 2 aliphatic rings.